The van der Waals surface area contributed by atoms with E-state index in [4.69, 9.17) is 0 Å². The lowest BCUT2D eigenvalue weighted by molar-refractivity contribution is -0.918. The number of fused-ring (bicyclic) bond motifs is 1. The largest absolute Gasteiger partial charge is 0.322 e. The van der Waals surface area contributed by atoms with E-state index in [1.165, 1.54) is 9.21 Å². The lowest BCUT2D eigenvalue weighted by Crippen LogP contribution is -3.19. The number of imide groups is 1. The van der Waals surface area contributed by atoms with Crippen LogP contribution in [0.2, 0.25) is 0 Å². The molecule has 2 amide bonds. The number of anilines is 1. The maximum absolute atomic E-state index is 13.3. The number of rotatable bonds is 4. The van der Waals surface area contributed by atoms with Gasteiger partial charge in [0.05, 0.1) is 43.2 Å². The third-order valence-electron chi connectivity index (χ3n) is 6.97. The molecule has 2 saturated heterocycles. The Labute approximate surface area is 199 Å². The summed E-state index contributed by atoms with van der Waals surface area (Å²) in [4.78, 5) is 28.6. The minimum absolute atomic E-state index is 0.152. The number of sulfonamides is 1. The highest BCUT2D eigenvalue weighted by Gasteiger charge is 2.47. The monoisotopic (exact) mass is 478 g/mol. The van der Waals surface area contributed by atoms with Crippen molar-refractivity contribution in [2.45, 2.75) is 31.2 Å². The van der Waals surface area contributed by atoms with Gasteiger partial charge in [-0.1, -0.05) is 42.5 Å². The molecule has 0 aliphatic carbocycles. The van der Waals surface area contributed by atoms with Gasteiger partial charge in [0.1, 0.15) is 0 Å². The Morgan fingerprint density at radius 2 is 1.59 bits per heavy atom. The van der Waals surface area contributed by atoms with Crippen molar-refractivity contribution in [3.8, 4) is 0 Å². The fourth-order valence-corrected chi connectivity index (χ4v) is 6.48. The van der Waals surface area contributed by atoms with Gasteiger partial charge in [0.2, 0.25) is 15.9 Å². The molecule has 0 bridgehead atoms. The molecule has 0 radical (unpaired) electrons. The molecule has 1 N–H and O–H groups in total. The minimum atomic E-state index is -3.63. The normalized spacial score (nSPS) is 20.4. The molecule has 2 aliphatic rings. The number of aryl methyl sites for hydroxylation is 2. The van der Waals surface area contributed by atoms with E-state index in [0.717, 1.165) is 26.8 Å². The van der Waals surface area contributed by atoms with Crippen molar-refractivity contribution in [3.05, 3.63) is 71.8 Å². The van der Waals surface area contributed by atoms with E-state index in [0.29, 0.717) is 31.9 Å². The summed E-state index contributed by atoms with van der Waals surface area (Å²) in [5.41, 5.74) is 2.52. The summed E-state index contributed by atoms with van der Waals surface area (Å²) >= 11 is 0. The number of carbonyl (C=O) groups is 2. The first-order valence-corrected chi connectivity index (χ1v) is 13.0. The zero-order valence-electron chi connectivity index (χ0n) is 19.3. The Morgan fingerprint density at radius 3 is 2.32 bits per heavy atom. The van der Waals surface area contributed by atoms with Gasteiger partial charge in [-0.05, 0) is 53.9 Å². The highest BCUT2D eigenvalue weighted by atomic mass is 32.2. The molecule has 2 aliphatic heterocycles. The van der Waals surface area contributed by atoms with Gasteiger partial charge >= 0.3 is 0 Å². The van der Waals surface area contributed by atoms with Crippen LogP contribution in [0.5, 0.6) is 0 Å². The van der Waals surface area contributed by atoms with Gasteiger partial charge in [-0.3, -0.25) is 9.59 Å². The van der Waals surface area contributed by atoms with Crippen LogP contribution in [0.3, 0.4) is 0 Å². The van der Waals surface area contributed by atoms with Gasteiger partial charge in [0.15, 0.2) is 6.04 Å². The van der Waals surface area contributed by atoms with Gasteiger partial charge < -0.3 is 4.90 Å². The molecule has 34 heavy (non-hydrogen) atoms. The lowest BCUT2D eigenvalue weighted by Gasteiger charge is -2.33. The standard InChI is InChI=1S/C26H27N3O4S/c1-18-7-8-19(2)23(15-18)29-25(30)17-24(26(29)31)27-11-13-28(14-12-27)34(32,33)22-10-9-20-5-3-4-6-21(20)16-22/h3-10,15-16,24H,11-14,17H2,1-2H3/p+1/t24-/m0/s1. The van der Waals surface area contributed by atoms with Crippen LogP contribution >= 0.6 is 0 Å². The Hall–Kier alpha value is -3.07. The van der Waals surface area contributed by atoms with Gasteiger partial charge in [0, 0.05) is 0 Å². The zero-order chi connectivity index (χ0) is 24.0. The SMILES string of the molecule is Cc1ccc(C)c(N2C(=O)C[C@H]([NH+]3CCN(S(=O)(=O)c4ccc5ccccc5c4)CC3)C2=O)c1. The number of piperazine rings is 1. The van der Waals surface area contributed by atoms with Crippen LogP contribution < -0.4 is 9.80 Å². The van der Waals surface area contributed by atoms with E-state index in [-0.39, 0.29) is 23.1 Å². The molecule has 1 atom stereocenters. The third-order valence-corrected chi connectivity index (χ3v) is 8.86. The number of benzene rings is 3. The second kappa shape index (κ2) is 8.61. The molecular weight excluding hydrogens is 450 g/mol. The molecule has 8 heteroatoms. The van der Waals surface area contributed by atoms with Crippen molar-refractivity contribution in [1.82, 2.24) is 4.31 Å². The number of nitrogens with zero attached hydrogens (tertiary/aromatic N) is 2. The molecule has 3 aromatic carbocycles. The van der Waals surface area contributed by atoms with E-state index in [9.17, 15) is 18.0 Å². The third kappa shape index (κ3) is 3.91. The second-order valence-corrected chi connectivity index (χ2v) is 11.1. The molecule has 0 aromatic heterocycles. The maximum atomic E-state index is 13.3. The highest BCUT2D eigenvalue weighted by Crippen LogP contribution is 2.27. The summed E-state index contributed by atoms with van der Waals surface area (Å²) in [6.07, 6.45) is 0.152. The minimum Gasteiger partial charge on any atom is -0.322 e. The predicted octanol–water partition coefficient (Wildman–Crippen LogP) is 1.68. The van der Waals surface area contributed by atoms with E-state index < -0.39 is 16.1 Å². The molecule has 2 fully saturated rings. The van der Waals surface area contributed by atoms with Crippen LogP contribution in [-0.4, -0.2) is 56.8 Å². The van der Waals surface area contributed by atoms with Crippen LogP contribution in [0.1, 0.15) is 17.5 Å². The van der Waals surface area contributed by atoms with Crippen LogP contribution in [-0.2, 0) is 19.6 Å². The van der Waals surface area contributed by atoms with Crippen LogP contribution in [0.15, 0.2) is 65.6 Å². The topological polar surface area (TPSA) is 79.2 Å². The maximum Gasteiger partial charge on any atom is 0.292 e. The van der Waals surface area contributed by atoms with Crippen LogP contribution in [0.25, 0.3) is 10.8 Å². The Bertz CT molecular complexity index is 1390. The molecule has 0 spiro atoms. The van der Waals surface area contributed by atoms with Crippen molar-refractivity contribution in [2.24, 2.45) is 0 Å². The quantitative estimate of drug-likeness (QED) is 0.579. The summed E-state index contributed by atoms with van der Waals surface area (Å²) in [6.45, 7) is 5.42. The van der Waals surface area contributed by atoms with Gasteiger partial charge in [-0.25, -0.2) is 13.3 Å². The van der Waals surface area contributed by atoms with Crippen LogP contribution in [0, 0.1) is 13.8 Å². The first kappa shape index (κ1) is 22.7. The van der Waals surface area contributed by atoms with E-state index in [1.54, 1.807) is 12.1 Å². The van der Waals surface area contributed by atoms with E-state index in [1.807, 2.05) is 62.4 Å². The highest BCUT2D eigenvalue weighted by molar-refractivity contribution is 7.89. The molecular formula is C26H28N3O4S+. The first-order valence-electron chi connectivity index (χ1n) is 11.5. The molecule has 5 rings (SSSR count). The summed E-state index contributed by atoms with van der Waals surface area (Å²) in [5, 5.41) is 1.88. The van der Waals surface area contributed by atoms with Gasteiger partial charge in [-0.15, -0.1) is 0 Å². The number of amides is 2. The summed E-state index contributed by atoms with van der Waals surface area (Å²) in [5.74, 6) is -0.387. The van der Waals surface area contributed by atoms with Gasteiger partial charge in [-0.2, -0.15) is 4.31 Å². The number of quaternary nitrogens is 1. The van der Waals surface area contributed by atoms with Crippen molar-refractivity contribution in [2.75, 3.05) is 31.1 Å². The average Bonchev–Trinajstić information content (AvgIpc) is 3.14. The number of carbonyl (C=O) groups excluding carboxylic acids is 2. The molecule has 0 saturated carbocycles. The molecule has 0 unspecified atom stereocenters. The molecule has 2 heterocycles. The Morgan fingerprint density at radius 1 is 0.882 bits per heavy atom. The summed E-state index contributed by atoms with van der Waals surface area (Å²) in [6, 6.07) is 18.1. The lowest BCUT2D eigenvalue weighted by atomic mass is 10.1. The molecule has 7 nitrogen and oxygen atoms in total. The second-order valence-electron chi connectivity index (χ2n) is 9.19. The van der Waals surface area contributed by atoms with E-state index in [2.05, 4.69) is 0 Å². The van der Waals surface area contributed by atoms with Gasteiger partial charge in [0.25, 0.3) is 5.91 Å². The predicted molar refractivity (Wildman–Crippen MR) is 130 cm³/mol. The smallest absolute Gasteiger partial charge is 0.292 e. The van der Waals surface area contributed by atoms with Crippen molar-refractivity contribution in [1.29, 1.82) is 0 Å². The average molecular weight is 479 g/mol. The van der Waals surface area contributed by atoms with Crippen molar-refractivity contribution in [3.63, 3.8) is 0 Å². The molecule has 3 aromatic rings. The first-order chi connectivity index (χ1) is 16.3. The fourth-order valence-electron chi connectivity index (χ4n) is 5.00. The summed E-state index contributed by atoms with van der Waals surface area (Å²) in [7, 11) is -3.63. The van der Waals surface area contributed by atoms with Crippen molar-refractivity contribution >= 4 is 38.3 Å². The molecule has 176 valence electrons. The van der Waals surface area contributed by atoms with E-state index >= 15 is 0 Å². The number of hydrogen-bond donors (Lipinski definition) is 1. The Kier molecular flexibility index (Phi) is 5.75. The van der Waals surface area contributed by atoms with Crippen LogP contribution in [0.4, 0.5) is 5.69 Å². The number of nitrogens with one attached hydrogen (secondary N) is 1. The summed E-state index contributed by atoms with van der Waals surface area (Å²) < 4.78 is 28.0. The van der Waals surface area contributed by atoms with Crippen molar-refractivity contribution < 1.29 is 22.9 Å². The zero-order valence-corrected chi connectivity index (χ0v) is 20.1. The Balaban J connectivity index is 1.30. The number of hydrogen-bond acceptors (Lipinski definition) is 4. The fraction of sp³-hybridized carbons (Fsp3) is 0.308.